The molecule has 0 amide bonds. The number of pyridine rings is 1. The molecule has 2 nitrogen and oxygen atoms in total. The van der Waals surface area contributed by atoms with E-state index in [0.717, 1.165) is 56.4 Å². The van der Waals surface area contributed by atoms with Crippen molar-refractivity contribution in [2.75, 3.05) is 6.61 Å². The van der Waals surface area contributed by atoms with Gasteiger partial charge in [-0.15, -0.1) is 0 Å². The summed E-state index contributed by atoms with van der Waals surface area (Å²) in [5, 5.41) is 0. The van der Waals surface area contributed by atoms with Crippen LogP contribution in [0.15, 0.2) is 48.7 Å². The maximum Gasteiger partial charge on any atom is 0.416 e. The number of benzene rings is 1. The first-order valence-electron chi connectivity index (χ1n) is 11.0. The third-order valence-corrected chi connectivity index (χ3v) is 7.24. The van der Waals surface area contributed by atoms with E-state index < -0.39 is 11.7 Å². The Kier molecular flexibility index (Phi) is 5.93. The van der Waals surface area contributed by atoms with Gasteiger partial charge in [-0.2, -0.15) is 13.2 Å². The van der Waals surface area contributed by atoms with Crippen LogP contribution in [0.25, 0.3) is 0 Å². The normalized spacial score (nSPS) is 24.8. The molecule has 1 saturated carbocycles. The van der Waals surface area contributed by atoms with E-state index in [0.29, 0.717) is 0 Å². The van der Waals surface area contributed by atoms with Gasteiger partial charge < -0.3 is 4.74 Å². The topological polar surface area (TPSA) is 22.1 Å². The highest BCUT2D eigenvalue weighted by molar-refractivity contribution is 5.27. The zero-order chi connectivity index (χ0) is 21.2. The molecule has 0 radical (unpaired) electrons. The highest BCUT2D eigenvalue weighted by Crippen LogP contribution is 2.50. The van der Waals surface area contributed by atoms with Gasteiger partial charge in [-0.05, 0) is 74.3 Å². The molecule has 1 aliphatic heterocycles. The minimum absolute atomic E-state index is 0.0205. The zero-order valence-corrected chi connectivity index (χ0v) is 17.5. The van der Waals surface area contributed by atoms with E-state index in [1.54, 1.807) is 12.1 Å². The lowest BCUT2D eigenvalue weighted by atomic mass is 9.66. The average Bonchev–Trinajstić information content (AvgIpc) is 3.19. The lowest BCUT2D eigenvalue weighted by Crippen LogP contribution is -2.46. The summed E-state index contributed by atoms with van der Waals surface area (Å²) < 4.78 is 44.9. The molecule has 162 valence electrons. The Balaban J connectivity index is 1.53. The zero-order valence-electron chi connectivity index (χ0n) is 17.5. The number of alkyl halides is 3. The van der Waals surface area contributed by atoms with Gasteiger partial charge in [0.2, 0.25) is 0 Å². The number of halogens is 3. The molecule has 2 aliphatic rings. The molecule has 1 spiro atoms. The molecular formula is C25H30F3NO. The van der Waals surface area contributed by atoms with Gasteiger partial charge in [0, 0.05) is 23.9 Å². The third-order valence-electron chi connectivity index (χ3n) is 7.24. The van der Waals surface area contributed by atoms with Crippen molar-refractivity contribution in [3.05, 3.63) is 65.5 Å². The standard InChI is InChI=1S/C25H30F3NO/c1-19(20-7-9-21(10-8-20)25(26,27)28)11-14-23(22-6-2-5-16-29-22)15-17-30-24(18-23)12-3-4-13-24/h2,5-10,16,19H,3-4,11-15,17-18H2,1H3/t19?,23-/m0/s1. The van der Waals surface area contributed by atoms with Crippen LogP contribution in [0.5, 0.6) is 0 Å². The summed E-state index contributed by atoms with van der Waals surface area (Å²) in [5.41, 5.74) is 1.47. The molecule has 30 heavy (non-hydrogen) atoms. The van der Waals surface area contributed by atoms with Gasteiger partial charge in [-0.1, -0.05) is 38.0 Å². The molecule has 2 atom stereocenters. The summed E-state index contributed by atoms with van der Waals surface area (Å²) in [6, 6.07) is 11.8. The fourth-order valence-corrected chi connectivity index (χ4v) is 5.46. The molecule has 4 rings (SSSR count). The average molecular weight is 418 g/mol. The van der Waals surface area contributed by atoms with E-state index in [9.17, 15) is 13.2 Å². The Morgan fingerprint density at radius 3 is 2.40 bits per heavy atom. The quantitative estimate of drug-likeness (QED) is 0.520. The third kappa shape index (κ3) is 4.41. The predicted molar refractivity (Wildman–Crippen MR) is 111 cm³/mol. The van der Waals surface area contributed by atoms with Crippen molar-refractivity contribution in [3.63, 3.8) is 0 Å². The predicted octanol–water partition coefficient (Wildman–Crippen LogP) is 7.05. The van der Waals surface area contributed by atoms with Crippen molar-refractivity contribution in [3.8, 4) is 0 Å². The van der Waals surface area contributed by atoms with Crippen LogP contribution >= 0.6 is 0 Å². The molecule has 1 saturated heterocycles. The number of rotatable bonds is 5. The molecule has 1 aromatic carbocycles. The van der Waals surface area contributed by atoms with Gasteiger partial charge in [-0.25, -0.2) is 0 Å². The first kappa shape index (κ1) is 21.4. The van der Waals surface area contributed by atoms with Crippen LogP contribution in [0.2, 0.25) is 0 Å². The molecule has 0 bridgehead atoms. The summed E-state index contributed by atoms with van der Waals surface area (Å²) in [5.74, 6) is 0.190. The molecule has 2 heterocycles. The fraction of sp³-hybridized carbons (Fsp3) is 0.560. The van der Waals surface area contributed by atoms with E-state index in [2.05, 4.69) is 19.1 Å². The summed E-state index contributed by atoms with van der Waals surface area (Å²) in [7, 11) is 0. The Morgan fingerprint density at radius 2 is 1.77 bits per heavy atom. The first-order chi connectivity index (χ1) is 14.3. The van der Waals surface area contributed by atoms with Gasteiger partial charge >= 0.3 is 6.18 Å². The monoisotopic (exact) mass is 417 g/mol. The van der Waals surface area contributed by atoms with Gasteiger partial charge in [0.05, 0.1) is 11.2 Å². The van der Waals surface area contributed by atoms with E-state index in [4.69, 9.17) is 9.72 Å². The van der Waals surface area contributed by atoms with Gasteiger partial charge in [0.25, 0.3) is 0 Å². The van der Waals surface area contributed by atoms with Crippen LogP contribution in [-0.4, -0.2) is 17.2 Å². The van der Waals surface area contributed by atoms with Gasteiger partial charge in [0.15, 0.2) is 0 Å². The van der Waals surface area contributed by atoms with Crippen LogP contribution in [0.3, 0.4) is 0 Å². The van der Waals surface area contributed by atoms with Crippen molar-refractivity contribution in [2.24, 2.45) is 0 Å². The smallest absolute Gasteiger partial charge is 0.375 e. The lowest BCUT2D eigenvalue weighted by Gasteiger charge is -2.47. The van der Waals surface area contributed by atoms with Crippen molar-refractivity contribution >= 4 is 0 Å². The van der Waals surface area contributed by atoms with E-state index in [1.807, 2.05) is 12.3 Å². The molecule has 1 aromatic heterocycles. The Bertz CT molecular complexity index is 828. The van der Waals surface area contributed by atoms with Crippen molar-refractivity contribution in [1.29, 1.82) is 0 Å². The summed E-state index contributed by atoms with van der Waals surface area (Å²) in [6.07, 6.45) is 6.10. The fourth-order valence-electron chi connectivity index (χ4n) is 5.46. The SMILES string of the molecule is CC(CC[C@]1(c2ccccn2)CCOC2(CCCC2)C1)c1ccc(C(F)(F)F)cc1. The van der Waals surface area contributed by atoms with Crippen molar-refractivity contribution < 1.29 is 17.9 Å². The van der Waals surface area contributed by atoms with Gasteiger partial charge in [-0.3, -0.25) is 4.98 Å². The highest BCUT2D eigenvalue weighted by atomic mass is 19.4. The largest absolute Gasteiger partial charge is 0.416 e. The van der Waals surface area contributed by atoms with E-state index >= 15 is 0 Å². The Labute approximate surface area is 176 Å². The second-order valence-electron chi connectivity index (χ2n) is 9.22. The van der Waals surface area contributed by atoms with Crippen molar-refractivity contribution in [2.45, 2.75) is 81.4 Å². The van der Waals surface area contributed by atoms with Gasteiger partial charge in [0.1, 0.15) is 0 Å². The lowest BCUT2D eigenvalue weighted by molar-refractivity contribution is -0.137. The second-order valence-corrected chi connectivity index (χ2v) is 9.22. The van der Waals surface area contributed by atoms with Crippen LogP contribution in [0.1, 0.15) is 81.0 Å². The highest BCUT2D eigenvalue weighted by Gasteiger charge is 2.48. The van der Waals surface area contributed by atoms with Crippen molar-refractivity contribution in [1.82, 2.24) is 4.98 Å². The Hall–Kier alpha value is -1.88. The second kappa shape index (κ2) is 8.33. The Morgan fingerprint density at radius 1 is 1.03 bits per heavy atom. The number of aromatic nitrogens is 1. The molecular weight excluding hydrogens is 387 g/mol. The van der Waals surface area contributed by atoms with Crippen LogP contribution < -0.4 is 0 Å². The molecule has 0 N–H and O–H groups in total. The number of nitrogens with zero attached hydrogens (tertiary/aromatic N) is 1. The number of hydrogen-bond acceptors (Lipinski definition) is 2. The minimum Gasteiger partial charge on any atom is -0.375 e. The molecule has 2 fully saturated rings. The minimum atomic E-state index is -4.29. The van der Waals surface area contributed by atoms with Crippen LogP contribution in [0.4, 0.5) is 13.2 Å². The maximum absolute atomic E-state index is 12.9. The van der Waals surface area contributed by atoms with Crippen LogP contribution in [0, 0.1) is 0 Å². The maximum atomic E-state index is 12.9. The number of hydrogen-bond donors (Lipinski definition) is 0. The number of ether oxygens (including phenoxy) is 1. The molecule has 1 unspecified atom stereocenters. The summed E-state index contributed by atoms with van der Waals surface area (Å²) >= 11 is 0. The molecule has 5 heteroatoms. The first-order valence-corrected chi connectivity index (χ1v) is 11.0. The van der Waals surface area contributed by atoms with E-state index in [1.165, 1.54) is 25.0 Å². The van der Waals surface area contributed by atoms with E-state index in [-0.39, 0.29) is 16.9 Å². The molecule has 1 aliphatic carbocycles. The summed E-state index contributed by atoms with van der Waals surface area (Å²) in [6.45, 7) is 2.87. The molecule has 2 aromatic rings. The summed E-state index contributed by atoms with van der Waals surface area (Å²) in [4.78, 5) is 4.74. The van der Waals surface area contributed by atoms with Crippen LogP contribution in [-0.2, 0) is 16.3 Å².